The maximum absolute atomic E-state index is 12.4. The molecule has 3 aromatic rings. The summed E-state index contributed by atoms with van der Waals surface area (Å²) in [5.41, 5.74) is 1.56. The second kappa shape index (κ2) is 6.96. The van der Waals surface area contributed by atoms with Crippen LogP contribution >= 0.6 is 11.8 Å². The quantitative estimate of drug-likeness (QED) is 0.731. The molecule has 2 N–H and O–H groups in total. The molecule has 1 aliphatic rings. The average molecular weight is 366 g/mol. The maximum atomic E-state index is 12.4. The van der Waals surface area contributed by atoms with Gasteiger partial charge in [0.25, 0.3) is 0 Å². The molecule has 26 heavy (non-hydrogen) atoms. The van der Waals surface area contributed by atoms with Crippen LogP contribution in [-0.4, -0.2) is 44.3 Å². The molecule has 0 saturated carbocycles. The van der Waals surface area contributed by atoms with Gasteiger partial charge in [-0.2, -0.15) is 0 Å². The molecule has 0 atom stereocenters. The summed E-state index contributed by atoms with van der Waals surface area (Å²) in [5, 5.41) is 10.6. The predicted molar refractivity (Wildman–Crippen MR) is 97.8 cm³/mol. The molecule has 9 heteroatoms. The number of thioether (sulfide) groups is 1. The molecule has 0 saturated heterocycles. The summed E-state index contributed by atoms with van der Waals surface area (Å²) in [6.45, 7) is -0.0816. The first-order valence-corrected chi connectivity index (χ1v) is 8.84. The van der Waals surface area contributed by atoms with Crippen molar-refractivity contribution in [3.63, 3.8) is 0 Å². The van der Waals surface area contributed by atoms with Crippen LogP contribution in [0.3, 0.4) is 0 Å². The van der Waals surface area contributed by atoms with E-state index in [4.69, 9.17) is 0 Å². The number of para-hydroxylation sites is 1. The summed E-state index contributed by atoms with van der Waals surface area (Å²) >= 11 is 1.48. The van der Waals surface area contributed by atoms with Crippen molar-refractivity contribution in [2.45, 2.75) is 4.90 Å². The van der Waals surface area contributed by atoms with E-state index in [1.54, 1.807) is 24.5 Å². The van der Waals surface area contributed by atoms with Gasteiger partial charge in [-0.3, -0.25) is 19.9 Å². The molecule has 1 aromatic carbocycles. The topological polar surface area (TPSA) is 104 Å². The Morgan fingerprint density at radius 2 is 2.00 bits per heavy atom. The standard InChI is InChI=1S/C17H14N6O2S/c24-14(9-23-12-3-1-2-4-13(12)26-10-15(23)25)19-17-20-16(21-22-17)11-5-7-18-8-6-11/h1-8H,9-10H2,(H2,19,20,21,22,24). The van der Waals surface area contributed by atoms with Crippen LogP contribution in [0.25, 0.3) is 11.4 Å². The van der Waals surface area contributed by atoms with E-state index in [-0.39, 0.29) is 24.3 Å². The van der Waals surface area contributed by atoms with Gasteiger partial charge in [-0.25, -0.2) is 0 Å². The molecule has 4 rings (SSSR count). The highest BCUT2D eigenvalue weighted by molar-refractivity contribution is 8.00. The summed E-state index contributed by atoms with van der Waals surface area (Å²) in [4.78, 5) is 33.9. The molecular formula is C17H14N6O2S. The van der Waals surface area contributed by atoms with Gasteiger partial charge in [-0.05, 0) is 24.3 Å². The first kappa shape index (κ1) is 16.3. The molecule has 130 valence electrons. The average Bonchev–Trinajstić information content (AvgIpc) is 3.13. The fourth-order valence-corrected chi connectivity index (χ4v) is 3.54. The molecule has 0 spiro atoms. The Balaban J connectivity index is 1.47. The van der Waals surface area contributed by atoms with Crippen molar-refractivity contribution in [2.75, 3.05) is 22.5 Å². The Hall–Kier alpha value is -3.20. The number of hydrogen-bond acceptors (Lipinski definition) is 6. The molecule has 2 amide bonds. The molecule has 0 radical (unpaired) electrons. The number of fused-ring (bicyclic) bond motifs is 1. The van der Waals surface area contributed by atoms with Crippen molar-refractivity contribution in [2.24, 2.45) is 0 Å². The number of nitrogens with one attached hydrogen (secondary N) is 2. The summed E-state index contributed by atoms with van der Waals surface area (Å²) in [6, 6.07) is 11.1. The van der Waals surface area contributed by atoms with Crippen molar-refractivity contribution in [3.05, 3.63) is 48.8 Å². The molecular weight excluding hydrogens is 352 g/mol. The van der Waals surface area contributed by atoms with E-state index in [2.05, 4.69) is 25.5 Å². The van der Waals surface area contributed by atoms with Gasteiger partial charge in [0.15, 0.2) is 5.82 Å². The Bertz CT molecular complexity index is 959. The summed E-state index contributed by atoms with van der Waals surface area (Å²) in [7, 11) is 0. The Kier molecular flexibility index (Phi) is 4.36. The number of aromatic amines is 1. The number of rotatable bonds is 4. The lowest BCUT2D eigenvalue weighted by Gasteiger charge is -2.28. The van der Waals surface area contributed by atoms with Gasteiger partial charge >= 0.3 is 0 Å². The van der Waals surface area contributed by atoms with Crippen LogP contribution in [0.1, 0.15) is 0 Å². The fourth-order valence-electron chi connectivity index (χ4n) is 2.60. The van der Waals surface area contributed by atoms with E-state index < -0.39 is 0 Å². The SMILES string of the molecule is O=C(CN1C(=O)CSc2ccccc21)Nc1nnc(-c2ccncc2)[nH]1. The number of hydrogen-bond donors (Lipinski definition) is 2. The molecule has 8 nitrogen and oxygen atoms in total. The van der Waals surface area contributed by atoms with Gasteiger partial charge < -0.3 is 9.88 Å². The van der Waals surface area contributed by atoms with Gasteiger partial charge in [0.1, 0.15) is 6.54 Å². The second-order valence-electron chi connectivity index (χ2n) is 5.54. The van der Waals surface area contributed by atoms with Crippen LogP contribution in [0.15, 0.2) is 53.7 Å². The highest BCUT2D eigenvalue weighted by atomic mass is 32.2. The molecule has 0 fully saturated rings. The molecule has 1 aliphatic heterocycles. The molecule has 3 heterocycles. The lowest BCUT2D eigenvalue weighted by atomic mass is 10.2. The molecule has 0 unspecified atom stereocenters. The predicted octanol–water partition coefficient (Wildman–Crippen LogP) is 1.94. The highest BCUT2D eigenvalue weighted by Gasteiger charge is 2.26. The van der Waals surface area contributed by atoms with Crippen molar-refractivity contribution in [1.82, 2.24) is 20.2 Å². The lowest BCUT2D eigenvalue weighted by molar-refractivity contribution is -0.120. The zero-order chi connectivity index (χ0) is 17.9. The van der Waals surface area contributed by atoms with E-state index in [0.29, 0.717) is 11.6 Å². The summed E-state index contributed by atoms with van der Waals surface area (Å²) < 4.78 is 0. The van der Waals surface area contributed by atoms with E-state index in [1.165, 1.54) is 16.7 Å². The van der Waals surface area contributed by atoms with Gasteiger partial charge in [-0.15, -0.1) is 22.0 Å². The third-order valence-electron chi connectivity index (χ3n) is 3.81. The minimum absolute atomic E-state index is 0.0816. The van der Waals surface area contributed by atoms with Gasteiger partial charge in [0.2, 0.25) is 17.8 Å². The van der Waals surface area contributed by atoms with Gasteiger partial charge in [0, 0.05) is 22.9 Å². The van der Waals surface area contributed by atoms with Crippen LogP contribution in [0, 0.1) is 0 Å². The van der Waals surface area contributed by atoms with Crippen LogP contribution < -0.4 is 10.2 Å². The third kappa shape index (κ3) is 3.29. The normalized spacial score (nSPS) is 13.4. The monoisotopic (exact) mass is 366 g/mol. The van der Waals surface area contributed by atoms with Crippen LogP contribution in [0.2, 0.25) is 0 Å². The molecule has 0 aliphatic carbocycles. The molecule has 2 aromatic heterocycles. The Morgan fingerprint density at radius 3 is 2.85 bits per heavy atom. The minimum atomic E-state index is -0.350. The highest BCUT2D eigenvalue weighted by Crippen LogP contribution is 2.34. The largest absolute Gasteiger partial charge is 0.307 e. The number of H-pyrrole nitrogens is 1. The van der Waals surface area contributed by atoms with Crippen molar-refractivity contribution in [1.29, 1.82) is 0 Å². The van der Waals surface area contributed by atoms with Crippen molar-refractivity contribution < 1.29 is 9.59 Å². The number of amides is 2. The van der Waals surface area contributed by atoms with Gasteiger partial charge in [-0.1, -0.05) is 12.1 Å². The number of aromatic nitrogens is 4. The number of carbonyl (C=O) groups is 2. The van der Waals surface area contributed by atoms with Crippen molar-refractivity contribution in [3.8, 4) is 11.4 Å². The van der Waals surface area contributed by atoms with E-state index >= 15 is 0 Å². The van der Waals surface area contributed by atoms with Crippen LogP contribution in [0.5, 0.6) is 0 Å². The zero-order valence-corrected chi connectivity index (χ0v) is 14.4. The minimum Gasteiger partial charge on any atom is -0.307 e. The number of pyridine rings is 1. The lowest BCUT2D eigenvalue weighted by Crippen LogP contribution is -2.41. The Morgan fingerprint density at radius 1 is 1.19 bits per heavy atom. The first-order chi connectivity index (χ1) is 12.7. The molecule has 0 bridgehead atoms. The summed E-state index contributed by atoms with van der Waals surface area (Å²) in [5.74, 6) is 0.627. The van der Waals surface area contributed by atoms with Crippen molar-refractivity contribution >= 4 is 35.2 Å². The fraction of sp³-hybridized carbons (Fsp3) is 0.118. The Labute approximate surface area is 153 Å². The zero-order valence-electron chi connectivity index (χ0n) is 13.5. The van der Waals surface area contributed by atoms with Crippen LogP contribution in [-0.2, 0) is 9.59 Å². The van der Waals surface area contributed by atoms with E-state index in [0.717, 1.165) is 16.1 Å². The van der Waals surface area contributed by atoms with E-state index in [1.807, 2.05) is 24.3 Å². The number of benzene rings is 1. The van der Waals surface area contributed by atoms with E-state index in [9.17, 15) is 9.59 Å². The maximum Gasteiger partial charge on any atom is 0.246 e. The first-order valence-electron chi connectivity index (χ1n) is 7.86. The smallest absolute Gasteiger partial charge is 0.246 e. The summed E-state index contributed by atoms with van der Waals surface area (Å²) in [6.07, 6.45) is 3.29. The second-order valence-corrected chi connectivity index (χ2v) is 6.56. The van der Waals surface area contributed by atoms with Gasteiger partial charge in [0.05, 0.1) is 11.4 Å². The number of carbonyl (C=O) groups excluding carboxylic acids is 2. The van der Waals surface area contributed by atoms with Crippen LogP contribution in [0.4, 0.5) is 11.6 Å². The third-order valence-corrected chi connectivity index (χ3v) is 4.86. The number of nitrogens with zero attached hydrogens (tertiary/aromatic N) is 4. The number of anilines is 2.